The number of aromatic nitrogens is 9. The third-order valence-corrected chi connectivity index (χ3v) is 35.3. The first-order chi connectivity index (χ1) is 70.1. The second kappa shape index (κ2) is 30.4. The summed E-state index contributed by atoms with van der Waals surface area (Å²) in [5, 5.41) is 27.7. The molecule has 0 amide bonds. The molecule has 12 aromatic heterocycles. The van der Waals surface area contributed by atoms with Gasteiger partial charge >= 0.3 is 0 Å². The van der Waals surface area contributed by atoms with Crippen LogP contribution in [0.3, 0.4) is 0 Å². The Morgan fingerprint density at radius 2 is 0.569 bits per heavy atom. The Kier molecular flexibility index (Phi) is 16.1. The van der Waals surface area contributed by atoms with Crippen LogP contribution in [0.1, 0.15) is 6.85 Å². The van der Waals surface area contributed by atoms with Gasteiger partial charge in [-0.1, -0.05) is 345 Å². The van der Waals surface area contributed by atoms with Gasteiger partial charge in [0, 0.05) is 151 Å². The monoisotopic (exact) mass is 1880 g/mol. The van der Waals surface area contributed by atoms with Crippen LogP contribution in [0, 0.1) is 0 Å². The van der Waals surface area contributed by atoms with E-state index in [0.717, 1.165) is 108 Å². The van der Waals surface area contributed by atoms with E-state index in [1.54, 1.807) is 22.7 Å². The molecule has 0 saturated heterocycles. The van der Waals surface area contributed by atoms with Crippen molar-refractivity contribution in [3.63, 3.8) is 0 Å². The van der Waals surface area contributed by atoms with E-state index in [9.17, 15) is 0 Å². The minimum Gasteiger partial charge on any atom is -0.437 e. The van der Waals surface area contributed by atoms with Crippen molar-refractivity contribution >= 4 is 301 Å². The molecule has 13 heterocycles. The van der Waals surface area contributed by atoms with Crippen LogP contribution in [-0.2, 0) is 0 Å². The standard InChI is InChI=1S/C44H23N3OS3.2C38H21N3S2/c1-2-13-25-24(12-1)36-26-14-3-6-18-30(26)47(40(36)42-37(25)28-16-5-8-20-32(28)50-42)44-45-39(38-27-15-4-7-19-31(27)48-43(38)46-44)29-17-11-23-35-41(29)51-34-22-10-9-21-33(34)49-35;2*1-2-12-22(13-3-1)34-33-27-18-8-11-21-30(27)43-37(33)40-38(39-34)41-28-19-9-6-16-25(28)31-23-14-4-5-15-24(23)32-26-17-7-10-20-29(26)42-36(32)35(31)41/h1-23H;2*1-21H/i;1D,2D,3D,12D,13D;. The van der Waals surface area contributed by atoms with Gasteiger partial charge in [-0.25, -0.2) is 24.9 Å². The highest BCUT2D eigenvalue weighted by Gasteiger charge is 2.32. The molecule has 0 radical (unpaired) electrons. The number of hydrogen-bond acceptors (Lipinski definition) is 14. The van der Waals surface area contributed by atoms with Gasteiger partial charge in [0.15, 0.2) is 0 Å². The lowest BCUT2D eigenvalue weighted by Crippen LogP contribution is -2.04. The lowest BCUT2D eigenvalue weighted by atomic mass is 9.99. The van der Waals surface area contributed by atoms with E-state index in [1.807, 2.05) is 94.7 Å². The first-order valence-corrected chi connectivity index (χ1v) is 50.8. The largest absolute Gasteiger partial charge is 0.437 e. The van der Waals surface area contributed by atoms with Gasteiger partial charge in [0.1, 0.15) is 15.2 Å². The number of thiophene rings is 5. The van der Waals surface area contributed by atoms with Gasteiger partial charge in [-0.15, -0.1) is 56.7 Å². The molecule has 0 atom stereocenters. The molecule has 0 aliphatic carbocycles. The van der Waals surface area contributed by atoms with Crippen LogP contribution in [0.4, 0.5) is 0 Å². The molecule has 137 heavy (non-hydrogen) atoms. The molecule has 0 unspecified atom stereocenters. The maximum Gasteiger partial charge on any atom is 0.238 e. The molecule has 1 aliphatic heterocycles. The summed E-state index contributed by atoms with van der Waals surface area (Å²) in [4.78, 5) is 38.8. The van der Waals surface area contributed by atoms with Crippen LogP contribution in [0.25, 0.3) is 273 Å². The molecule has 0 N–H and O–H groups in total. The van der Waals surface area contributed by atoms with Crippen molar-refractivity contribution in [2.75, 3.05) is 0 Å². The maximum atomic E-state index is 8.94. The number of nitrogens with zero attached hydrogens (tertiary/aromatic N) is 9. The molecule has 0 spiro atoms. The van der Waals surface area contributed by atoms with Crippen molar-refractivity contribution in [1.29, 1.82) is 0 Å². The molecule has 0 bridgehead atoms. The molecule has 0 saturated carbocycles. The second-order valence-corrected chi connectivity index (χ2v) is 41.7. The molecule has 19 aromatic carbocycles. The van der Waals surface area contributed by atoms with Gasteiger partial charge in [-0.2, -0.15) is 4.98 Å². The van der Waals surface area contributed by atoms with Crippen LogP contribution in [-0.4, -0.2) is 43.6 Å². The zero-order chi connectivity index (χ0) is 93.7. The lowest BCUT2D eigenvalue weighted by molar-refractivity contribution is 0.651. The van der Waals surface area contributed by atoms with Crippen LogP contribution >= 0.6 is 80.2 Å². The molecular formula is C120H65N9OS7. The highest BCUT2D eigenvalue weighted by Crippen LogP contribution is 2.57. The number of fused-ring (bicyclic) bond motifs is 41. The number of rotatable bonds is 6. The Morgan fingerprint density at radius 3 is 1.02 bits per heavy atom. The molecule has 32 rings (SSSR count). The summed E-state index contributed by atoms with van der Waals surface area (Å²) in [5.41, 5.74) is 12.2. The van der Waals surface area contributed by atoms with Crippen molar-refractivity contribution in [3.8, 4) is 51.6 Å². The Morgan fingerprint density at radius 1 is 0.234 bits per heavy atom. The van der Waals surface area contributed by atoms with Gasteiger partial charge in [0.2, 0.25) is 23.6 Å². The van der Waals surface area contributed by atoms with Crippen LogP contribution < -0.4 is 0 Å². The maximum absolute atomic E-state index is 8.94. The third kappa shape index (κ3) is 11.6. The molecule has 31 aromatic rings. The normalized spacial score (nSPS) is 13.0. The topological polar surface area (TPSA) is 105 Å². The molecule has 17 heteroatoms. The lowest BCUT2D eigenvalue weighted by Gasteiger charge is -2.21. The van der Waals surface area contributed by atoms with Crippen molar-refractivity contribution in [1.82, 2.24) is 43.6 Å². The second-order valence-electron chi connectivity index (χ2n) is 34.4. The van der Waals surface area contributed by atoms with Crippen molar-refractivity contribution in [2.24, 2.45) is 0 Å². The zero-order valence-electron chi connectivity index (χ0n) is 76.9. The van der Waals surface area contributed by atoms with E-state index in [1.165, 1.54) is 151 Å². The summed E-state index contributed by atoms with van der Waals surface area (Å²) in [5.74, 6) is 1.69. The van der Waals surface area contributed by atoms with E-state index in [-0.39, 0.29) is 17.6 Å². The van der Waals surface area contributed by atoms with Gasteiger partial charge in [-0.05, 0) is 105 Å². The summed E-state index contributed by atoms with van der Waals surface area (Å²) in [6.07, 6.45) is 0. The van der Waals surface area contributed by atoms with E-state index >= 15 is 0 Å². The minimum absolute atomic E-state index is 0.0661. The fourth-order valence-electron chi connectivity index (χ4n) is 21.4. The summed E-state index contributed by atoms with van der Waals surface area (Å²) in [6, 6.07) is 127. The van der Waals surface area contributed by atoms with E-state index in [4.69, 9.17) is 41.2 Å². The third-order valence-electron chi connectivity index (χ3n) is 27.0. The van der Waals surface area contributed by atoms with E-state index < -0.39 is 18.1 Å². The quantitative estimate of drug-likeness (QED) is 0.161. The van der Waals surface area contributed by atoms with Gasteiger partial charge in [0.25, 0.3) is 0 Å². The average molecular weight is 1880 g/mol. The average Bonchev–Trinajstić information content (AvgIpc) is 1.54. The SMILES string of the molecule is [2H]c1c([2H])c([2H])c(-c2nc(-n3c4ccccc4c4c5ccccc5c5c6ccccc6sc5c43)nc3sc4ccccc4c23)c([2H])c1[2H].c1ccc(-c2nc(-n3c4ccccc4c4c5ccccc5c5c6ccccc6sc5c43)nc3sc4ccccc4c23)cc1.c1ccc2c(c1)Sc1cccc(-c3nc(-n4c5ccccc5c5c6ccccc6c6c7ccccc7sc6c54)nc4oc5ccccc5c34)c1S2. The molecule has 10 nitrogen and oxygen atoms in total. The van der Waals surface area contributed by atoms with Crippen LogP contribution in [0.5, 0.6) is 0 Å². The van der Waals surface area contributed by atoms with Gasteiger partial charge < -0.3 is 4.42 Å². The van der Waals surface area contributed by atoms with Crippen molar-refractivity contribution in [3.05, 3.63) is 394 Å². The Bertz CT molecular complexity index is 11000. The number of furan rings is 1. The number of hydrogen-bond donors (Lipinski definition) is 0. The Balaban J connectivity index is 0.000000100. The first kappa shape index (κ1) is 72.7. The summed E-state index contributed by atoms with van der Waals surface area (Å²) >= 11 is 12.3. The summed E-state index contributed by atoms with van der Waals surface area (Å²) < 4.78 is 66.0. The van der Waals surface area contributed by atoms with Crippen LogP contribution in [0.2, 0.25) is 0 Å². The predicted octanol–water partition coefficient (Wildman–Crippen LogP) is 35.5. The van der Waals surface area contributed by atoms with E-state index in [0.29, 0.717) is 39.5 Å². The Hall–Kier alpha value is -15.8. The minimum atomic E-state index is -0.434. The van der Waals surface area contributed by atoms with E-state index in [2.05, 4.69) is 329 Å². The molecule has 638 valence electrons. The molecule has 0 fully saturated rings. The highest BCUT2D eigenvalue weighted by molar-refractivity contribution is 8.05. The zero-order valence-corrected chi connectivity index (χ0v) is 77.6. The molecular weight excluding hydrogens is 1810 g/mol. The van der Waals surface area contributed by atoms with Gasteiger partial charge in [-0.3, -0.25) is 13.7 Å². The predicted molar refractivity (Wildman–Crippen MR) is 584 cm³/mol. The highest BCUT2D eigenvalue weighted by atomic mass is 32.2. The summed E-state index contributed by atoms with van der Waals surface area (Å²) in [6.45, 7) is 0. The van der Waals surface area contributed by atoms with Crippen molar-refractivity contribution in [2.45, 2.75) is 19.6 Å². The van der Waals surface area contributed by atoms with Crippen LogP contribution in [0.15, 0.2) is 418 Å². The molecule has 1 aliphatic rings. The smallest absolute Gasteiger partial charge is 0.238 e. The number of benzene rings is 19. The first-order valence-electron chi connectivity index (χ1n) is 47.6. The van der Waals surface area contributed by atoms with Gasteiger partial charge in [0.05, 0.1) is 76.5 Å². The summed E-state index contributed by atoms with van der Waals surface area (Å²) in [7, 11) is 0. The number of para-hydroxylation sites is 4. The fourth-order valence-corrected chi connectivity index (χ4v) is 29.7. The Labute approximate surface area is 814 Å². The van der Waals surface area contributed by atoms with Crippen molar-refractivity contribution < 1.29 is 11.3 Å². The fraction of sp³-hybridized carbons (Fsp3) is 0.